The molecule has 25 heavy (non-hydrogen) atoms. The zero-order valence-corrected chi connectivity index (χ0v) is 16.2. The minimum atomic E-state index is -0.370. The molecular weight excluding hydrogens is 315 g/mol. The van der Waals surface area contributed by atoms with Gasteiger partial charge in [-0.05, 0) is 65.7 Å². The van der Waals surface area contributed by atoms with E-state index in [9.17, 15) is 0 Å². The van der Waals surface area contributed by atoms with Gasteiger partial charge in [-0.3, -0.25) is 0 Å². The van der Waals surface area contributed by atoms with E-state index >= 15 is 0 Å². The normalized spacial score (nSPS) is 24.5. The summed E-state index contributed by atoms with van der Waals surface area (Å²) in [7, 11) is 1.37. The van der Waals surface area contributed by atoms with Gasteiger partial charge in [0.1, 0.15) is 0 Å². The van der Waals surface area contributed by atoms with Crippen molar-refractivity contribution in [3.05, 3.63) is 35.5 Å². The van der Waals surface area contributed by atoms with Crippen molar-refractivity contribution in [2.24, 2.45) is 9.98 Å². The fourth-order valence-electron chi connectivity index (χ4n) is 2.54. The maximum Gasteiger partial charge on any atom is 0.490 e. The summed E-state index contributed by atoms with van der Waals surface area (Å²) in [4.78, 5) is 8.51. The average molecular weight is 344 g/mol. The fourth-order valence-corrected chi connectivity index (χ4v) is 2.54. The first kappa shape index (κ1) is 19.8. The predicted molar refractivity (Wildman–Crippen MR) is 104 cm³/mol. The van der Waals surface area contributed by atoms with Crippen molar-refractivity contribution in [1.82, 2.24) is 0 Å². The lowest BCUT2D eigenvalue weighted by atomic mass is 9.73. The molecule has 0 radical (unpaired) electrons. The maximum atomic E-state index is 6.07. The lowest BCUT2D eigenvalue weighted by molar-refractivity contribution is 0.0654. The summed E-state index contributed by atoms with van der Waals surface area (Å²) in [5, 5.41) is 0. The molecule has 0 bridgehead atoms. The molecule has 1 aliphatic heterocycles. The highest BCUT2D eigenvalue weighted by Crippen LogP contribution is 2.33. The van der Waals surface area contributed by atoms with Gasteiger partial charge < -0.3 is 14.0 Å². The fraction of sp³-hybridized carbons (Fsp3) is 0.579. The molecule has 1 saturated heterocycles. The number of rotatable bonds is 5. The number of ether oxygens (including phenoxy) is 1. The maximum absolute atomic E-state index is 6.07. The largest absolute Gasteiger partial charge is 0.490 e. The van der Waals surface area contributed by atoms with Crippen LogP contribution in [0.15, 0.2) is 45.5 Å². The third-order valence-electron chi connectivity index (χ3n) is 4.77. The minimum absolute atomic E-state index is 0.0534. The van der Waals surface area contributed by atoms with Crippen LogP contribution in [0.1, 0.15) is 47.5 Å². The van der Waals surface area contributed by atoms with Gasteiger partial charge in [0.25, 0.3) is 0 Å². The highest BCUT2D eigenvalue weighted by Gasteiger charge is 2.44. The third kappa shape index (κ3) is 5.00. The Balaban J connectivity index is 2.17. The molecule has 0 aromatic heterocycles. The Labute approximate surface area is 151 Å². The van der Waals surface area contributed by atoms with Gasteiger partial charge in [0.2, 0.25) is 0 Å². The SMILES string of the molecule is C=NC(=N/C=C/C(C)(C)OC)C1=CCCC(B2OC(C)C(C)(C)O2)=C1. The van der Waals surface area contributed by atoms with Crippen molar-refractivity contribution in [3.63, 3.8) is 0 Å². The van der Waals surface area contributed by atoms with Crippen LogP contribution in [0, 0.1) is 0 Å². The smallest absolute Gasteiger partial charge is 0.402 e. The second-order valence-electron chi connectivity index (χ2n) is 7.48. The first-order valence-electron chi connectivity index (χ1n) is 8.70. The summed E-state index contributed by atoms with van der Waals surface area (Å²) >= 11 is 0. The summed E-state index contributed by atoms with van der Waals surface area (Å²) < 4.78 is 17.4. The molecule has 2 rings (SSSR count). The number of nitrogens with zero attached hydrogens (tertiary/aromatic N) is 2. The monoisotopic (exact) mass is 344 g/mol. The zero-order chi connectivity index (χ0) is 18.7. The predicted octanol–water partition coefficient (Wildman–Crippen LogP) is 3.91. The second-order valence-corrected chi connectivity index (χ2v) is 7.48. The van der Waals surface area contributed by atoms with Crippen molar-refractivity contribution >= 4 is 19.7 Å². The van der Waals surface area contributed by atoms with Gasteiger partial charge in [0.15, 0.2) is 5.84 Å². The first-order chi connectivity index (χ1) is 11.7. The highest BCUT2D eigenvalue weighted by atomic mass is 16.7. The van der Waals surface area contributed by atoms with Gasteiger partial charge in [-0.25, -0.2) is 9.98 Å². The molecule has 1 heterocycles. The summed E-state index contributed by atoms with van der Waals surface area (Å²) in [5.74, 6) is 0.589. The molecule has 0 N–H and O–H groups in total. The van der Waals surface area contributed by atoms with Gasteiger partial charge in [-0.15, -0.1) is 0 Å². The van der Waals surface area contributed by atoms with Crippen LogP contribution in [0.3, 0.4) is 0 Å². The lowest BCUT2D eigenvalue weighted by Crippen LogP contribution is -2.30. The summed E-state index contributed by atoms with van der Waals surface area (Å²) in [6, 6.07) is 0. The molecule has 1 fully saturated rings. The Morgan fingerprint density at radius 1 is 1.48 bits per heavy atom. The third-order valence-corrected chi connectivity index (χ3v) is 4.77. The van der Waals surface area contributed by atoms with Gasteiger partial charge in [-0.2, -0.15) is 0 Å². The number of aliphatic imine (C=N–C) groups is 2. The number of hydrogen-bond donors (Lipinski definition) is 0. The van der Waals surface area contributed by atoms with E-state index in [1.165, 1.54) is 0 Å². The van der Waals surface area contributed by atoms with Crippen LogP contribution in [-0.2, 0) is 14.0 Å². The summed E-state index contributed by atoms with van der Waals surface area (Å²) in [6.07, 6.45) is 9.65. The van der Waals surface area contributed by atoms with E-state index < -0.39 is 0 Å². The van der Waals surface area contributed by atoms with E-state index in [4.69, 9.17) is 14.0 Å². The van der Waals surface area contributed by atoms with Crippen molar-refractivity contribution in [3.8, 4) is 0 Å². The Morgan fingerprint density at radius 2 is 2.20 bits per heavy atom. The first-order valence-corrected chi connectivity index (χ1v) is 8.70. The van der Waals surface area contributed by atoms with Crippen LogP contribution < -0.4 is 0 Å². The standard InChI is InChI=1S/C19H29BN2O3/c1-14-19(4,5)25-20(24-14)16-10-8-9-15(13-16)17(21-6)22-12-11-18(2,3)23-7/h9,11-14H,6,8,10H2,1-5,7H3/b12-11+,22-17?. The average Bonchev–Trinajstić information content (AvgIpc) is 2.85. The summed E-state index contributed by atoms with van der Waals surface area (Å²) in [5.41, 5.74) is 1.41. The van der Waals surface area contributed by atoms with Crippen LogP contribution in [0.5, 0.6) is 0 Å². The topological polar surface area (TPSA) is 52.4 Å². The van der Waals surface area contributed by atoms with E-state index in [1.807, 2.05) is 26.8 Å². The van der Waals surface area contributed by atoms with Gasteiger partial charge in [-0.1, -0.05) is 12.2 Å². The van der Waals surface area contributed by atoms with Gasteiger partial charge in [0, 0.05) is 18.9 Å². The van der Waals surface area contributed by atoms with E-state index in [-0.39, 0.29) is 24.4 Å². The van der Waals surface area contributed by atoms with Crippen molar-refractivity contribution in [2.75, 3.05) is 7.11 Å². The van der Waals surface area contributed by atoms with E-state index in [2.05, 4.69) is 42.7 Å². The molecule has 1 atom stereocenters. The minimum Gasteiger partial charge on any atom is -0.402 e. The Morgan fingerprint density at radius 3 is 2.76 bits per heavy atom. The molecule has 0 saturated carbocycles. The van der Waals surface area contributed by atoms with Crippen LogP contribution in [0.2, 0.25) is 0 Å². The number of methoxy groups -OCH3 is 1. The highest BCUT2D eigenvalue weighted by molar-refractivity contribution is 6.54. The molecule has 1 aliphatic carbocycles. The molecule has 5 nitrogen and oxygen atoms in total. The number of hydrogen-bond acceptors (Lipinski definition) is 4. The number of allylic oxidation sites excluding steroid dienone is 2. The molecule has 0 aromatic rings. The van der Waals surface area contributed by atoms with E-state index in [0.717, 1.165) is 23.9 Å². The Hall–Kier alpha value is -1.50. The van der Waals surface area contributed by atoms with Crippen LogP contribution in [0.25, 0.3) is 0 Å². The summed E-state index contributed by atoms with van der Waals surface area (Å²) in [6.45, 7) is 13.7. The van der Waals surface area contributed by atoms with Gasteiger partial charge in [0.05, 0.1) is 17.3 Å². The van der Waals surface area contributed by atoms with Crippen LogP contribution >= 0.6 is 0 Å². The van der Waals surface area contributed by atoms with Crippen LogP contribution in [-0.4, -0.2) is 44.1 Å². The van der Waals surface area contributed by atoms with Crippen molar-refractivity contribution < 1.29 is 14.0 Å². The number of amidine groups is 1. The molecule has 2 aliphatic rings. The van der Waals surface area contributed by atoms with Crippen LogP contribution in [0.4, 0.5) is 0 Å². The molecule has 1 unspecified atom stereocenters. The molecule has 0 amide bonds. The molecule has 6 heteroatoms. The van der Waals surface area contributed by atoms with E-state index in [1.54, 1.807) is 13.3 Å². The Bertz CT molecular complexity index is 633. The Kier molecular flexibility index (Phi) is 6.19. The molecular formula is C19H29BN2O3. The van der Waals surface area contributed by atoms with Crippen molar-refractivity contribution in [1.29, 1.82) is 0 Å². The second kappa shape index (κ2) is 7.81. The molecule has 0 spiro atoms. The van der Waals surface area contributed by atoms with Gasteiger partial charge >= 0.3 is 7.12 Å². The van der Waals surface area contributed by atoms with E-state index in [0.29, 0.717) is 5.84 Å². The lowest BCUT2D eigenvalue weighted by Gasteiger charge is -2.21. The quantitative estimate of drug-likeness (QED) is 0.432. The van der Waals surface area contributed by atoms with Crippen molar-refractivity contribution in [2.45, 2.75) is 64.8 Å². The molecule has 0 aromatic carbocycles. The molecule has 136 valence electrons. The zero-order valence-electron chi connectivity index (χ0n) is 16.2.